The standard InChI is InChI=1S/C25H21N3O14S4.3Na/c29-24-21-9-8-20(44(33,34)35)13-16(21)14-22(45(36,37)38)23(24)28-27-18-3-1-2-15(12-18)25(30)26-17-4-6-19(7-5-17)43(31,32)11-10-42-46(39,40)41;;;/h1-9,12-14,29H,10-11H2,(H,26,30)(H,33,34,35)(H,36,37,38)(H,39,40,41);;;/q;3*+1/p-3. The molecule has 0 heterocycles. The molecule has 49 heavy (non-hydrogen) atoms. The normalized spacial score (nSPS) is 12.1. The van der Waals surface area contributed by atoms with Gasteiger partial charge in [0.1, 0.15) is 25.9 Å². The van der Waals surface area contributed by atoms with Crippen LogP contribution < -0.4 is 94.0 Å². The maximum absolute atomic E-state index is 12.8. The van der Waals surface area contributed by atoms with Gasteiger partial charge in [-0.25, -0.2) is 33.7 Å². The number of phenols is 1. The van der Waals surface area contributed by atoms with E-state index in [1.54, 1.807) is 0 Å². The molecular formula is C25H18N3Na3O14S4. The van der Waals surface area contributed by atoms with E-state index in [1.165, 1.54) is 36.4 Å². The summed E-state index contributed by atoms with van der Waals surface area (Å²) < 4.78 is 130. The predicted octanol–water partition coefficient (Wildman–Crippen LogP) is -6.72. The van der Waals surface area contributed by atoms with Crippen LogP contribution in [-0.4, -0.2) is 70.7 Å². The minimum Gasteiger partial charge on any atom is -0.744 e. The molecule has 0 atom stereocenters. The molecule has 0 aliphatic rings. The van der Waals surface area contributed by atoms with Crippen LogP contribution in [0.4, 0.5) is 17.1 Å². The number of hydrogen-bond donors (Lipinski definition) is 2. The Morgan fingerprint density at radius 2 is 1.37 bits per heavy atom. The van der Waals surface area contributed by atoms with Crippen LogP contribution in [0, 0.1) is 0 Å². The van der Waals surface area contributed by atoms with Crippen molar-refractivity contribution in [2.45, 2.75) is 14.7 Å². The molecule has 0 aromatic heterocycles. The van der Waals surface area contributed by atoms with Crippen LogP contribution in [0.15, 0.2) is 97.7 Å². The van der Waals surface area contributed by atoms with Gasteiger partial charge in [-0.2, -0.15) is 5.11 Å². The second kappa shape index (κ2) is 17.9. The van der Waals surface area contributed by atoms with Crippen LogP contribution in [0.3, 0.4) is 0 Å². The smallest absolute Gasteiger partial charge is 0.744 e. The number of anilines is 1. The number of fused-ring (bicyclic) bond motifs is 1. The van der Waals surface area contributed by atoms with Crippen molar-refractivity contribution in [1.29, 1.82) is 0 Å². The summed E-state index contributed by atoms with van der Waals surface area (Å²) in [5, 5.41) is 20.3. The first-order valence-corrected chi connectivity index (χ1v) is 18.0. The van der Waals surface area contributed by atoms with Gasteiger partial charge in [0.15, 0.2) is 15.6 Å². The zero-order valence-corrected chi connectivity index (χ0v) is 34.9. The van der Waals surface area contributed by atoms with E-state index in [0.29, 0.717) is 0 Å². The summed E-state index contributed by atoms with van der Waals surface area (Å²) in [7, 11) is -19.4. The van der Waals surface area contributed by atoms with Crippen LogP contribution in [0.1, 0.15) is 10.4 Å². The van der Waals surface area contributed by atoms with Crippen molar-refractivity contribution in [3.05, 3.63) is 78.4 Å². The largest absolute Gasteiger partial charge is 1.00 e. The quantitative estimate of drug-likeness (QED) is 0.0619. The summed E-state index contributed by atoms with van der Waals surface area (Å²) in [4.78, 5) is 10.8. The van der Waals surface area contributed by atoms with E-state index < -0.39 is 80.0 Å². The zero-order chi connectivity index (χ0) is 34.1. The molecule has 0 bridgehead atoms. The number of benzene rings is 4. The van der Waals surface area contributed by atoms with E-state index in [1.807, 2.05) is 0 Å². The molecule has 0 aliphatic heterocycles. The molecule has 0 unspecified atom stereocenters. The Morgan fingerprint density at radius 3 is 1.94 bits per heavy atom. The number of sulfone groups is 1. The number of carbonyl (C=O) groups excluding carboxylic acids is 1. The average Bonchev–Trinajstić information content (AvgIpc) is 2.95. The van der Waals surface area contributed by atoms with Gasteiger partial charge in [0.2, 0.25) is 10.4 Å². The molecule has 17 nitrogen and oxygen atoms in total. The van der Waals surface area contributed by atoms with Crippen LogP contribution in [0.5, 0.6) is 5.75 Å². The third-order valence-electron chi connectivity index (χ3n) is 6.01. The summed E-state index contributed by atoms with van der Waals surface area (Å²) in [5.74, 6) is -2.36. The minimum atomic E-state index is -5.32. The molecule has 4 rings (SSSR count). The first kappa shape index (κ1) is 45.7. The maximum Gasteiger partial charge on any atom is 1.00 e. The maximum atomic E-state index is 12.8. The number of azo groups is 1. The van der Waals surface area contributed by atoms with Gasteiger partial charge >= 0.3 is 88.7 Å². The molecule has 244 valence electrons. The van der Waals surface area contributed by atoms with Crippen molar-refractivity contribution in [2.75, 3.05) is 17.7 Å². The Labute approximate surface area is 346 Å². The number of hydrogen-bond acceptors (Lipinski definition) is 16. The summed E-state index contributed by atoms with van der Waals surface area (Å²) in [6.07, 6.45) is 0. The molecular weight excluding hydrogens is 764 g/mol. The monoisotopic (exact) mass is 781 g/mol. The molecule has 4 aromatic carbocycles. The fourth-order valence-electron chi connectivity index (χ4n) is 3.90. The molecule has 0 aliphatic carbocycles. The Morgan fingerprint density at radius 1 is 0.755 bits per heavy atom. The SMILES string of the molecule is O=C(Nc1ccc(S(=O)(=O)CCOS(=O)(=O)[O-])cc1)c1cccc(N=Nc2c(S(=O)(=O)[O-])cc3cc(S(=O)(=O)[O-])ccc3c2O)c1.[Na+].[Na+].[Na+]. The number of carbonyl (C=O) groups is 1. The molecule has 24 heteroatoms. The molecule has 0 spiro atoms. The molecule has 0 saturated heterocycles. The van der Waals surface area contributed by atoms with Gasteiger partial charge in [0.25, 0.3) is 5.91 Å². The van der Waals surface area contributed by atoms with Crippen LogP contribution in [0.2, 0.25) is 0 Å². The van der Waals surface area contributed by atoms with Crippen molar-refractivity contribution < 1.29 is 150 Å². The Bertz CT molecular complexity index is 2340. The number of nitrogens with zero attached hydrogens (tertiary/aromatic N) is 2. The Hall–Kier alpha value is -1.35. The van der Waals surface area contributed by atoms with E-state index in [-0.39, 0.29) is 121 Å². The first-order chi connectivity index (χ1) is 21.2. The molecule has 1 amide bonds. The van der Waals surface area contributed by atoms with Crippen LogP contribution >= 0.6 is 0 Å². The van der Waals surface area contributed by atoms with E-state index >= 15 is 0 Å². The van der Waals surface area contributed by atoms with E-state index in [9.17, 15) is 57.2 Å². The Kier molecular flexibility index (Phi) is 16.7. The van der Waals surface area contributed by atoms with Gasteiger partial charge in [0.05, 0.1) is 32.7 Å². The van der Waals surface area contributed by atoms with E-state index in [0.717, 1.165) is 36.4 Å². The summed E-state index contributed by atoms with van der Waals surface area (Å²) in [6.45, 7) is -0.884. The van der Waals surface area contributed by atoms with E-state index in [2.05, 4.69) is 19.7 Å². The van der Waals surface area contributed by atoms with Crippen molar-refractivity contribution in [1.82, 2.24) is 0 Å². The van der Waals surface area contributed by atoms with E-state index in [4.69, 9.17) is 0 Å². The Balaban J connectivity index is 0.00000400. The molecule has 0 saturated carbocycles. The first-order valence-electron chi connectivity index (χ1n) is 12.2. The van der Waals surface area contributed by atoms with Crippen LogP contribution in [0.25, 0.3) is 10.8 Å². The van der Waals surface area contributed by atoms with Crippen molar-refractivity contribution in [3.63, 3.8) is 0 Å². The topological polar surface area (TPSA) is 289 Å². The van der Waals surface area contributed by atoms with Gasteiger partial charge in [-0.3, -0.25) is 8.98 Å². The van der Waals surface area contributed by atoms with Crippen molar-refractivity contribution >= 4 is 74.2 Å². The van der Waals surface area contributed by atoms with Crippen molar-refractivity contribution in [3.8, 4) is 5.75 Å². The van der Waals surface area contributed by atoms with Gasteiger partial charge in [0, 0.05) is 16.6 Å². The zero-order valence-electron chi connectivity index (χ0n) is 25.6. The van der Waals surface area contributed by atoms with Gasteiger partial charge in [-0.05, 0) is 72.1 Å². The third-order valence-corrected chi connectivity index (χ3v) is 9.84. The van der Waals surface area contributed by atoms with Gasteiger partial charge in [-0.1, -0.05) is 6.07 Å². The summed E-state index contributed by atoms with van der Waals surface area (Å²) in [5.41, 5.74) is -0.687. The number of amides is 1. The number of rotatable bonds is 11. The molecule has 0 fully saturated rings. The average molecular weight is 782 g/mol. The van der Waals surface area contributed by atoms with Crippen LogP contribution in [-0.2, 0) is 44.7 Å². The van der Waals surface area contributed by atoms with Crippen molar-refractivity contribution in [2.24, 2.45) is 10.2 Å². The molecule has 0 radical (unpaired) electrons. The van der Waals surface area contributed by atoms with Gasteiger partial charge in [-0.15, -0.1) is 5.11 Å². The summed E-state index contributed by atoms with van der Waals surface area (Å²) in [6, 6.07) is 13.4. The number of nitrogens with one attached hydrogen (secondary N) is 1. The second-order valence-electron chi connectivity index (χ2n) is 9.14. The number of aromatic hydroxyl groups is 1. The molecule has 2 N–H and O–H groups in total. The molecule has 4 aromatic rings. The fraction of sp³-hybridized carbons (Fsp3) is 0.0800. The summed E-state index contributed by atoms with van der Waals surface area (Å²) >= 11 is 0. The third kappa shape index (κ3) is 12.4. The van der Waals surface area contributed by atoms with Gasteiger partial charge < -0.3 is 24.1 Å². The predicted molar refractivity (Wildman–Crippen MR) is 154 cm³/mol. The fourth-order valence-corrected chi connectivity index (χ4v) is 6.54. The number of phenolic OH excluding ortho intramolecular Hbond substituents is 1. The minimum absolute atomic E-state index is 0. The second-order valence-corrected chi connectivity index (χ2v) is 15.0.